The lowest BCUT2D eigenvalue weighted by molar-refractivity contribution is 0.117. The van der Waals surface area contributed by atoms with Crippen LogP contribution in [0.4, 0.5) is 0 Å². The maximum atomic E-state index is 9.34. The van der Waals surface area contributed by atoms with Gasteiger partial charge >= 0.3 is 0 Å². The van der Waals surface area contributed by atoms with E-state index in [1.165, 1.54) is 48.8 Å². The minimum absolute atomic E-state index is 0.265. The fraction of sp³-hybridized carbons (Fsp3) is 0.647. The van der Waals surface area contributed by atoms with Gasteiger partial charge in [-0.1, -0.05) is 37.5 Å². The lowest BCUT2D eigenvalue weighted by Crippen LogP contribution is -2.38. The topological polar surface area (TPSA) is 23.5 Å². The highest BCUT2D eigenvalue weighted by Gasteiger charge is 2.21. The van der Waals surface area contributed by atoms with Crippen molar-refractivity contribution in [2.24, 2.45) is 0 Å². The van der Waals surface area contributed by atoms with Crippen LogP contribution in [0.15, 0.2) is 18.2 Å². The van der Waals surface area contributed by atoms with Crippen LogP contribution in [0.3, 0.4) is 0 Å². The van der Waals surface area contributed by atoms with E-state index in [2.05, 4.69) is 36.9 Å². The van der Waals surface area contributed by atoms with Crippen molar-refractivity contribution in [3.8, 4) is 0 Å². The van der Waals surface area contributed by atoms with Crippen molar-refractivity contribution in [1.82, 2.24) is 4.90 Å². The van der Waals surface area contributed by atoms with Crippen molar-refractivity contribution in [2.45, 2.75) is 58.5 Å². The van der Waals surface area contributed by atoms with Gasteiger partial charge in [0.15, 0.2) is 0 Å². The molecule has 0 unspecified atom stereocenters. The van der Waals surface area contributed by atoms with Gasteiger partial charge in [-0.05, 0) is 43.4 Å². The van der Waals surface area contributed by atoms with E-state index in [-0.39, 0.29) is 6.61 Å². The number of rotatable bonds is 5. The summed E-state index contributed by atoms with van der Waals surface area (Å²) in [5.41, 5.74) is 4.19. The highest BCUT2D eigenvalue weighted by atomic mass is 16.3. The third kappa shape index (κ3) is 3.80. The smallest absolute Gasteiger partial charge is 0.0558 e. The molecule has 1 aromatic rings. The summed E-state index contributed by atoms with van der Waals surface area (Å²) in [5.74, 6) is 0. The Balaban J connectivity index is 2.11. The van der Waals surface area contributed by atoms with Gasteiger partial charge in [-0.15, -0.1) is 0 Å². The lowest BCUT2D eigenvalue weighted by atomic mass is 9.93. The van der Waals surface area contributed by atoms with Crippen LogP contribution in [0, 0.1) is 13.8 Å². The molecule has 1 N–H and O–H groups in total. The predicted molar refractivity (Wildman–Crippen MR) is 80.3 cm³/mol. The number of aliphatic hydroxyl groups is 1. The van der Waals surface area contributed by atoms with Gasteiger partial charge in [-0.3, -0.25) is 4.90 Å². The van der Waals surface area contributed by atoms with Crippen molar-refractivity contribution < 1.29 is 5.11 Å². The van der Waals surface area contributed by atoms with E-state index in [1.54, 1.807) is 0 Å². The van der Waals surface area contributed by atoms with E-state index in [0.29, 0.717) is 6.04 Å². The molecule has 2 rings (SSSR count). The van der Waals surface area contributed by atoms with Crippen molar-refractivity contribution in [1.29, 1.82) is 0 Å². The minimum Gasteiger partial charge on any atom is -0.395 e. The Morgan fingerprint density at radius 3 is 2.32 bits per heavy atom. The number of aryl methyl sites for hydroxylation is 2. The van der Waals surface area contributed by atoms with Gasteiger partial charge in [0.05, 0.1) is 6.61 Å². The van der Waals surface area contributed by atoms with E-state index in [1.807, 2.05) is 0 Å². The van der Waals surface area contributed by atoms with Crippen molar-refractivity contribution >= 4 is 0 Å². The molecule has 1 fully saturated rings. The van der Waals surface area contributed by atoms with Gasteiger partial charge in [-0.2, -0.15) is 0 Å². The van der Waals surface area contributed by atoms with Crippen LogP contribution in [0.1, 0.15) is 48.8 Å². The van der Waals surface area contributed by atoms with Crippen LogP contribution in [0.2, 0.25) is 0 Å². The molecular formula is C17H27NO. The molecule has 0 spiro atoms. The monoisotopic (exact) mass is 261 g/mol. The van der Waals surface area contributed by atoms with Crippen LogP contribution < -0.4 is 0 Å². The summed E-state index contributed by atoms with van der Waals surface area (Å²) >= 11 is 0. The molecule has 1 aromatic carbocycles. The predicted octanol–water partition coefficient (Wildman–Crippen LogP) is 3.43. The standard InChI is InChI=1S/C17H27NO/c1-14-7-6-8-15(2)17(14)13-18(11-12-19)16-9-4-3-5-10-16/h6-8,16,19H,3-5,9-13H2,1-2H3. The summed E-state index contributed by atoms with van der Waals surface area (Å²) in [4.78, 5) is 2.49. The lowest BCUT2D eigenvalue weighted by Gasteiger charge is -2.34. The number of benzene rings is 1. The number of hydrogen-bond donors (Lipinski definition) is 1. The number of hydrogen-bond acceptors (Lipinski definition) is 2. The molecule has 0 saturated heterocycles. The normalized spacial score (nSPS) is 17.1. The highest BCUT2D eigenvalue weighted by Crippen LogP contribution is 2.25. The van der Waals surface area contributed by atoms with E-state index in [4.69, 9.17) is 0 Å². The van der Waals surface area contributed by atoms with Gasteiger partial charge in [0.2, 0.25) is 0 Å². The quantitative estimate of drug-likeness (QED) is 0.878. The summed E-state index contributed by atoms with van der Waals surface area (Å²) in [7, 11) is 0. The number of aliphatic hydroxyl groups excluding tert-OH is 1. The zero-order chi connectivity index (χ0) is 13.7. The second-order valence-electron chi connectivity index (χ2n) is 5.86. The molecule has 0 aliphatic heterocycles. The van der Waals surface area contributed by atoms with Crippen LogP contribution in [-0.4, -0.2) is 29.2 Å². The van der Waals surface area contributed by atoms with E-state index >= 15 is 0 Å². The molecule has 1 aliphatic rings. The molecule has 0 aromatic heterocycles. The summed E-state index contributed by atoms with van der Waals surface area (Å²) in [5, 5.41) is 9.34. The first-order valence-corrected chi connectivity index (χ1v) is 7.62. The molecule has 0 atom stereocenters. The highest BCUT2D eigenvalue weighted by molar-refractivity contribution is 5.33. The van der Waals surface area contributed by atoms with Gasteiger partial charge in [0, 0.05) is 19.1 Å². The van der Waals surface area contributed by atoms with Gasteiger partial charge in [0.25, 0.3) is 0 Å². The third-order valence-electron chi connectivity index (χ3n) is 4.48. The van der Waals surface area contributed by atoms with E-state index in [0.717, 1.165) is 13.1 Å². The molecular weight excluding hydrogens is 234 g/mol. The van der Waals surface area contributed by atoms with Crippen LogP contribution in [0.25, 0.3) is 0 Å². The Morgan fingerprint density at radius 1 is 1.11 bits per heavy atom. The Kier molecular flexibility index (Phi) is 5.41. The van der Waals surface area contributed by atoms with Crippen molar-refractivity contribution in [3.05, 3.63) is 34.9 Å². The molecule has 2 heteroatoms. The van der Waals surface area contributed by atoms with Gasteiger partial charge in [-0.25, -0.2) is 0 Å². The zero-order valence-corrected chi connectivity index (χ0v) is 12.4. The minimum atomic E-state index is 0.265. The largest absolute Gasteiger partial charge is 0.395 e. The Labute approximate surface area is 117 Å². The Hall–Kier alpha value is -0.860. The first-order chi connectivity index (χ1) is 9.22. The average Bonchev–Trinajstić information content (AvgIpc) is 2.43. The third-order valence-corrected chi connectivity index (χ3v) is 4.48. The summed E-state index contributed by atoms with van der Waals surface area (Å²) < 4.78 is 0. The summed E-state index contributed by atoms with van der Waals surface area (Å²) in [6, 6.07) is 7.19. The first-order valence-electron chi connectivity index (χ1n) is 7.62. The summed E-state index contributed by atoms with van der Waals surface area (Å²) in [6.07, 6.45) is 6.67. The maximum Gasteiger partial charge on any atom is 0.0558 e. The second kappa shape index (κ2) is 7.06. The Morgan fingerprint density at radius 2 is 1.74 bits per heavy atom. The molecule has 1 aliphatic carbocycles. The van der Waals surface area contributed by atoms with Crippen molar-refractivity contribution in [2.75, 3.05) is 13.2 Å². The fourth-order valence-corrected chi connectivity index (χ4v) is 3.27. The molecule has 19 heavy (non-hydrogen) atoms. The SMILES string of the molecule is Cc1cccc(C)c1CN(CCO)C1CCCCC1. The van der Waals surface area contributed by atoms with E-state index in [9.17, 15) is 5.11 Å². The van der Waals surface area contributed by atoms with Gasteiger partial charge < -0.3 is 5.11 Å². The Bertz CT molecular complexity index is 376. The van der Waals surface area contributed by atoms with Crippen LogP contribution in [-0.2, 0) is 6.54 Å². The van der Waals surface area contributed by atoms with Gasteiger partial charge in [0.1, 0.15) is 0 Å². The molecule has 0 heterocycles. The van der Waals surface area contributed by atoms with E-state index < -0.39 is 0 Å². The molecule has 0 radical (unpaired) electrons. The zero-order valence-electron chi connectivity index (χ0n) is 12.4. The van der Waals surface area contributed by atoms with Crippen molar-refractivity contribution in [3.63, 3.8) is 0 Å². The molecule has 1 saturated carbocycles. The van der Waals surface area contributed by atoms with Crippen LogP contribution in [0.5, 0.6) is 0 Å². The molecule has 0 bridgehead atoms. The maximum absolute atomic E-state index is 9.34. The average molecular weight is 261 g/mol. The second-order valence-corrected chi connectivity index (χ2v) is 5.86. The van der Waals surface area contributed by atoms with Crippen LogP contribution >= 0.6 is 0 Å². The first kappa shape index (κ1) is 14.5. The summed E-state index contributed by atoms with van der Waals surface area (Å²) in [6.45, 7) is 6.45. The molecule has 2 nitrogen and oxygen atoms in total. The molecule has 0 amide bonds. The number of nitrogens with zero attached hydrogens (tertiary/aromatic N) is 1. The fourth-order valence-electron chi connectivity index (χ4n) is 3.27. The molecule has 106 valence electrons.